The topological polar surface area (TPSA) is 356 Å². The molecule has 0 unspecified atom stereocenters. The zero-order chi connectivity index (χ0) is 92.4. The largest absolute Gasteiger partial charge is 0.437 e. The average molecular weight is 1800 g/mol. The minimum Gasteiger partial charge on any atom is -0.437 e. The fourth-order valence-corrected chi connectivity index (χ4v) is 16.0. The van der Waals surface area contributed by atoms with Crippen molar-refractivity contribution in [3.8, 4) is 112 Å². The number of nitrogens with zero attached hydrogens (tertiary/aromatic N) is 10. The molecule has 0 fully saturated rings. The van der Waals surface area contributed by atoms with Crippen LogP contribution in [0.5, 0.6) is 0 Å². The third kappa shape index (κ3) is 22.8. The average Bonchev–Trinajstić information content (AvgIpc) is 1.64. The molecule has 680 valence electrons. The van der Waals surface area contributed by atoms with Crippen LogP contribution in [0, 0.1) is 0 Å². The van der Waals surface area contributed by atoms with Crippen molar-refractivity contribution in [2.24, 2.45) is 0 Å². The number of hydrogen-bond acceptors (Lipinski definition) is 25. The Balaban J connectivity index is 0.000000123. The maximum Gasteiger partial charge on any atom is 0.232 e. The number of furan rings is 5. The Bertz CT molecular complexity index is 7030. The molecule has 10 heterocycles. The molecular formula is C110H105N15O10. The molecule has 0 aliphatic carbocycles. The third-order valence-corrected chi connectivity index (χ3v) is 22.3. The summed E-state index contributed by atoms with van der Waals surface area (Å²) in [6.07, 6.45) is 16.6. The van der Waals surface area contributed by atoms with Crippen molar-refractivity contribution >= 4 is 84.6 Å². The van der Waals surface area contributed by atoms with Crippen LogP contribution < -0.4 is 26.6 Å². The zero-order valence-electron chi connectivity index (χ0n) is 74.6. The normalized spacial score (nSPS) is 11.0. The summed E-state index contributed by atoms with van der Waals surface area (Å²) in [6, 6.07) is 101. The highest BCUT2D eigenvalue weighted by Gasteiger charge is 2.28. The third-order valence-electron chi connectivity index (χ3n) is 22.3. The maximum atomic E-state index is 9.14. The van der Waals surface area contributed by atoms with Gasteiger partial charge in [0, 0.05) is 115 Å². The van der Waals surface area contributed by atoms with Gasteiger partial charge in [-0.2, -0.15) is 0 Å². The summed E-state index contributed by atoms with van der Waals surface area (Å²) < 4.78 is 30.9. The molecule has 0 saturated carbocycles. The second kappa shape index (κ2) is 47.8. The Hall–Kier alpha value is -15.9. The fourth-order valence-electron chi connectivity index (χ4n) is 16.0. The van der Waals surface area contributed by atoms with Crippen molar-refractivity contribution in [3.63, 3.8) is 0 Å². The number of unbranched alkanes of at least 4 members (excludes halogenated alkanes) is 6. The van der Waals surface area contributed by atoms with Crippen molar-refractivity contribution in [2.75, 3.05) is 92.3 Å². The van der Waals surface area contributed by atoms with Crippen molar-refractivity contribution in [1.29, 1.82) is 0 Å². The van der Waals surface area contributed by atoms with Gasteiger partial charge in [0.2, 0.25) is 28.6 Å². The highest BCUT2D eigenvalue weighted by molar-refractivity contribution is 6.10. The Morgan fingerprint density at radius 2 is 0.341 bits per heavy atom. The number of rotatable bonds is 35. The predicted molar refractivity (Wildman–Crippen MR) is 537 cm³/mol. The van der Waals surface area contributed by atoms with Crippen LogP contribution in [0.2, 0.25) is 0 Å². The molecule has 0 amide bonds. The van der Waals surface area contributed by atoms with E-state index in [-0.39, 0.29) is 33.0 Å². The monoisotopic (exact) mass is 1800 g/mol. The molecule has 25 nitrogen and oxygen atoms in total. The Labute approximate surface area is 781 Å². The number of anilines is 5. The lowest BCUT2D eigenvalue weighted by Gasteiger charge is -2.08. The van der Waals surface area contributed by atoms with E-state index >= 15 is 0 Å². The van der Waals surface area contributed by atoms with Gasteiger partial charge in [0.05, 0.1) is 33.5 Å². The van der Waals surface area contributed by atoms with Crippen molar-refractivity contribution < 1.29 is 47.6 Å². The summed E-state index contributed by atoms with van der Waals surface area (Å²) in [4.78, 5) is 44.0. The molecule has 20 rings (SSSR count). The van der Waals surface area contributed by atoms with Gasteiger partial charge in [-0.25, -0.2) is 49.8 Å². The van der Waals surface area contributed by atoms with Crippen LogP contribution in [0.4, 0.5) is 29.1 Å². The molecule has 0 radical (unpaired) electrons. The lowest BCUT2D eigenvalue weighted by Crippen LogP contribution is -2.07. The highest BCUT2D eigenvalue weighted by atomic mass is 16.4. The second-order valence-electron chi connectivity index (χ2n) is 31.5. The van der Waals surface area contributed by atoms with E-state index in [9.17, 15) is 0 Å². The number of aliphatic hydroxyl groups is 5. The van der Waals surface area contributed by atoms with E-state index in [0.29, 0.717) is 59.7 Å². The molecule has 0 spiro atoms. The Kier molecular flexibility index (Phi) is 32.7. The molecule has 135 heavy (non-hydrogen) atoms. The van der Waals surface area contributed by atoms with Gasteiger partial charge in [-0.1, -0.05) is 316 Å². The summed E-state index contributed by atoms with van der Waals surface area (Å²) in [5.74, 6) is 7.62. The Morgan fingerprint density at radius 3 is 0.548 bits per heavy atom. The van der Waals surface area contributed by atoms with Crippen molar-refractivity contribution in [2.45, 2.75) is 64.2 Å². The molecule has 10 aromatic carbocycles. The molecular weight excluding hydrogens is 1690 g/mol. The van der Waals surface area contributed by atoms with Gasteiger partial charge in [0.1, 0.15) is 89.5 Å². The number of aromatic nitrogens is 10. The minimum atomic E-state index is 0.0234. The summed E-state index contributed by atoms with van der Waals surface area (Å²) in [6.45, 7) is 4.21. The minimum absolute atomic E-state index is 0.0234. The van der Waals surface area contributed by atoms with Gasteiger partial charge in [0.15, 0.2) is 0 Å². The summed E-state index contributed by atoms with van der Waals surface area (Å²) in [7, 11) is 0. The number of nitrogens with one attached hydrogen (secondary N) is 5. The first-order valence-electron chi connectivity index (χ1n) is 45.6. The van der Waals surface area contributed by atoms with Crippen molar-refractivity contribution in [3.05, 3.63) is 335 Å². The van der Waals surface area contributed by atoms with Crippen LogP contribution >= 0.6 is 0 Å². The van der Waals surface area contributed by atoms with E-state index in [2.05, 4.69) is 125 Å². The standard InChI is InChI=1S/C24H25N3O2.C23H23N3O2.C22H21N3O2.C21H19N3O2.C20H17N3O2/c28-16-10-2-1-9-15-25-23-21-20(18-11-5-3-6-12-18)22(19-13-7-4-8-14-19)29-24(21)27-17-26-23;27-15-9-3-8-14-24-22-20-19(17-10-4-1-5-11-17)21(18-12-6-2-7-13-18)28-23(20)26-16-25-22;26-14-8-7-13-23-21-19-18(16-9-3-1-4-10-16)20(17-11-5-2-6-12-17)27-22(19)25-15-24-21;25-13-7-12-22-20-18-17(15-8-3-1-4-9-15)19(16-10-5-2-6-11-16)26-21(18)24-14-23-20;24-12-11-21-19-17-16(14-7-3-1-4-8-14)18(15-9-5-2-6-10-15)25-20(17)23-13-22-19/h3-8,11-14,17,28H,1-2,9-10,15-16H2,(H,25,26,27);1-2,4-7,10-13,16,27H,3,8-9,14-15H2,(H,24,25,26);1-6,9-12,15,26H,7-8,13-14H2,(H,23,24,25);1-6,8-11,14,25H,7,12-13H2,(H,22,23,24);1-10,13,24H,11-12H2,(H,21,22,23). The SMILES string of the molecule is OCCCCCCNc1ncnc2oc(-c3ccccc3)c(-c3ccccc3)c12.OCCCCCNc1ncnc2oc(-c3ccccc3)c(-c3ccccc3)c12.OCCCCNc1ncnc2oc(-c3ccccc3)c(-c3ccccc3)c12.OCCCNc1ncnc2oc(-c3ccccc3)c(-c3ccccc3)c12.OCCNc1ncnc2oc(-c3ccccc3)c(-c3ccccc3)c12. The second-order valence-corrected chi connectivity index (χ2v) is 31.5. The molecule has 0 saturated heterocycles. The van der Waals surface area contributed by atoms with Gasteiger partial charge in [-0.15, -0.1) is 0 Å². The Morgan fingerprint density at radius 1 is 0.170 bits per heavy atom. The van der Waals surface area contributed by atoms with Gasteiger partial charge < -0.3 is 74.2 Å². The molecule has 20 aromatic rings. The van der Waals surface area contributed by atoms with Crippen LogP contribution in [-0.2, 0) is 0 Å². The van der Waals surface area contributed by atoms with E-state index in [4.69, 9.17) is 47.6 Å². The van der Waals surface area contributed by atoms with Gasteiger partial charge in [-0.05, 0) is 79.2 Å². The van der Waals surface area contributed by atoms with E-state index in [1.165, 1.54) is 25.3 Å². The quantitative estimate of drug-likeness (QED) is 0.0165. The van der Waals surface area contributed by atoms with Crippen LogP contribution in [0.1, 0.15) is 64.2 Å². The smallest absolute Gasteiger partial charge is 0.232 e. The van der Waals surface area contributed by atoms with E-state index in [1.807, 2.05) is 255 Å². The first kappa shape index (κ1) is 92.4. The fraction of sp³-hybridized carbons (Fsp3) is 0.182. The lowest BCUT2D eigenvalue weighted by molar-refractivity contribution is 0.282. The molecule has 10 N–H and O–H groups in total. The van der Waals surface area contributed by atoms with Crippen LogP contribution in [0.25, 0.3) is 168 Å². The van der Waals surface area contributed by atoms with Crippen LogP contribution in [0.3, 0.4) is 0 Å². The molecule has 0 aliphatic heterocycles. The van der Waals surface area contributed by atoms with Crippen molar-refractivity contribution in [1.82, 2.24) is 49.8 Å². The molecule has 0 atom stereocenters. The maximum absolute atomic E-state index is 9.14. The number of benzene rings is 10. The van der Waals surface area contributed by atoms with Crippen LogP contribution in [-0.4, -0.2) is 141 Å². The van der Waals surface area contributed by atoms with Crippen LogP contribution in [0.15, 0.2) is 357 Å². The molecule has 0 bridgehead atoms. The van der Waals surface area contributed by atoms with E-state index in [0.717, 1.165) is 234 Å². The summed E-state index contributed by atoms with van der Waals surface area (Å²) >= 11 is 0. The molecule has 10 aromatic heterocycles. The number of fused-ring (bicyclic) bond motifs is 5. The summed E-state index contributed by atoms with van der Waals surface area (Å²) in [5, 5.41) is 66.1. The van der Waals surface area contributed by atoms with Gasteiger partial charge >= 0.3 is 0 Å². The molecule has 0 aliphatic rings. The predicted octanol–water partition coefficient (Wildman–Crippen LogP) is 23.7. The summed E-state index contributed by atoms with van der Waals surface area (Å²) in [5.41, 5.74) is 18.0. The van der Waals surface area contributed by atoms with E-state index in [1.54, 1.807) is 6.33 Å². The highest BCUT2D eigenvalue weighted by Crippen LogP contribution is 2.49. The first-order chi connectivity index (χ1) is 66.9. The lowest BCUT2D eigenvalue weighted by atomic mass is 9.99. The molecule has 25 heteroatoms. The van der Waals surface area contributed by atoms with Gasteiger partial charge in [0.25, 0.3) is 0 Å². The first-order valence-corrected chi connectivity index (χ1v) is 45.6. The van der Waals surface area contributed by atoms with E-state index < -0.39 is 0 Å². The van der Waals surface area contributed by atoms with Gasteiger partial charge in [-0.3, -0.25) is 0 Å². The number of hydrogen-bond donors (Lipinski definition) is 10. The zero-order valence-corrected chi connectivity index (χ0v) is 74.6. The number of aliphatic hydroxyl groups excluding tert-OH is 5.